The van der Waals surface area contributed by atoms with E-state index in [1.165, 1.54) is 6.20 Å². The minimum absolute atomic E-state index is 0.0962. The summed E-state index contributed by atoms with van der Waals surface area (Å²) < 4.78 is 53.3. The zero-order valence-electron chi connectivity index (χ0n) is 14.0. The van der Waals surface area contributed by atoms with E-state index in [0.717, 1.165) is 28.6 Å². The molecule has 6 nitrogen and oxygen atoms in total. The third kappa shape index (κ3) is 4.42. The van der Waals surface area contributed by atoms with Crippen molar-refractivity contribution in [2.45, 2.75) is 30.1 Å². The molecule has 2 aromatic rings. The molecule has 144 valence electrons. The third-order valence-corrected chi connectivity index (χ3v) is 6.28. The van der Waals surface area contributed by atoms with Gasteiger partial charge in [-0.15, -0.1) is 0 Å². The first-order valence-corrected chi connectivity index (χ1v) is 9.89. The molecule has 27 heavy (non-hydrogen) atoms. The molecule has 0 spiro atoms. The number of benzene rings is 1. The lowest BCUT2D eigenvalue weighted by Crippen LogP contribution is -2.45. The molecular formula is C17H16ClF2N3O3S. The van der Waals surface area contributed by atoms with Gasteiger partial charge in [0.15, 0.2) is 0 Å². The number of alkyl halides is 1. The number of nitrogens with zero attached hydrogens (tertiary/aromatic N) is 2. The molecular weight excluding hydrogens is 400 g/mol. The SMILES string of the molecule is O=C(NCc1ccnc(Cl)c1)C1CC(F)CN1S(=O)(=O)c1ccc(F)cc1. The van der Waals surface area contributed by atoms with Crippen LogP contribution in [0, 0.1) is 5.82 Å². The van der Waals surface area contributed by atoms with Gasteiger partial charge in [0.05, 0.1) is 4.90 Å². The monoisotopic (exact) mass is 415 g/mol. The number of pyridine rings is 1. The van der Waals surface area contributed by atoms with E-state index in [1.807, 2.05) is 0 Å². The van der Waals surface area contributed by atoms with Crippen molar-refractivity contribution in [2.75, 3.05) is 6.54 Å². The van der Waals surface area contributed by atoms with Gasteiger partial charge in [-0.3, -0.25) is 4.79 Å². The quantitative estimate of drug-likeness (QED) is 0.760. The van der Waals surface area contributed by atoms with Crippen molar-refractivity contribution in [1.82, 2.24) is 14.6 Å². The van der Waals surface area contributed by atoms with Gasteiger partial charge < -0.3 is 5.32 Å². The lowest BCUT2D eigenvalue weighted by Gasteiger charge is -2.23. The fourth-order valence-electron chi connectivity index (χ4n) is 2.86. The van der Waals surface area contributed by atoms with Crippen LogP contribution in [0.25, 0.3) is 0 Å². The maximum Gasteiger partial charge on any atom is 0.243 e. The van der Waals surface area contributed by atoms with Crippen molar-refractivity contribution in [3.63, 3.8) is 0 Å². The van der Waals surface area contributed by atoms with Gasteiger partial charge >= 0.3 is 0 Å². The molecule has 1 aliphatic heterocycles. The minimum atomic E-state index is -4.14. The first kappa shape index (κ1) is 19.7. The first-order valence-electron chi connectivity index (χ1n) is 8.07. The van der Waals surface area contributed by atoms with Crippen LogP contribution < -0.4 is 5.32 Å². The van der Waals surface area contributed by atoms with E-state index in [4.69, 9.17) is 11.6 Å². The van der Waals surface area contributed by atoms with Gasteiger partial charge in [-0.25, -0.2) is 22.2 Å². The molecule has 1 aromatic carbocycles. The van der Waals surface area contributed by atoms with Crippen LogP contribution in [0.2, 0.25) is 5.15 Å². The van der Waals surface area contributed by atoms with Gasteiger partial charge in [-0.1, -0.05) is 11.6 Å². The van der Waals surface area contributed by atoms with Crippen LogP contribution in [-0.4, -0.2) is 42.4 Å². The molecule has 0 saturated carbocycles. The summed E-state index contributed by atoms with van der Waals surface area (Å²) in [5, 5.41) is 2.85. The summed E-state index contributed by atoms with van der Waals surface area (Å²) in [7, 11) is -4.14. The van der Waals surface area contributed by atoms with Crippen LogP contribution in [0.15, 0.2) is 47.5 Å². The summed E-state index contributed by atoms with van der Waals surface area (Å²) in [5.41, 5.74) is 0.672. The van der Waals surface area contributed by atoms with Gasteiger partial charge in [0, 0.05) is 25.7 Å². The van der Waals surface area contributed by atoms with E-state index in [0.29, 0.717) is 5.56 Å². The Bertz CT molecular complexity index is 941. The van der Waals surface area contributed by atoms with Crippen LogP contribution in [0.5, 0.6) is 0 Å². The normalized spacial score (nSPS) is 20.6. The minimum Gasteiger partial charge on any atom is -0.351 e. The average molecular weight is 416 g/mol. The Labute approximate surface area is 160 Å². The molecule has 1 saturated heterocycles. The van der Waals surface area contributed by atoms with Gasteiger partial charge in [-0.2, -0.15) is 4.31 Å². The van der Waals surface area contributed by atoms with Crippen molar-refractivity contribution in [3.05, 3.63) is 59.1 Å². The first-order chi connectivity index (χ1) is 12.8. The lowest BCUT2D eigenvalue weighted by atomic mass is 10.2. The lowest BCUT2D eigenvalue weighted by molar-refractivity contribution is -0.124. The number of carbonyl (C=O) groups excluding carboxylic acids is 1. The number of rotatable bonds is 5. The number of carbonyl (C=O) groups is 1. The molecule has 1 amide bonds. The summed E-state index contributed by atoms with van der Waals surface area (Å²) >= 11 is 5.78. The molecule has 2 atom stereocenters. The molecule has 0 bridgehead atoms. The van der Waals surface area contributed by atoms with Gasteiger partial charge in [0.25, 0.3) is 0 Å². The molecule has 3 rings (SSSR count). The highest BCUT2D eigenvalue weighted by molar-refractivity contribution is 7.89. The Hall–Kier alpha value is -2.10. The number of aromatic nitrogens is 1. The average Bonchev–Trinajstić information content (AvgIpc) is 3.03. The van der Waals surface area contributed by atoms with E-state index in [9.17, 15) is 22.0 Å². The molecule has 0 radical (unpaired) electrons. The van der Waals surface area contributed by atoms with Crippen LogP contribution in [0.1, 0.15) is 12.0 Å². The zero-order chi connectivity index (χ0) is 19.6. The fraction of sp³-hybridized carbons (Fsp3) is 0.294. The van der Waals surface area contributed by atoms with Crippen molar-refractivity contribution in [2.24, 2.45) is 0 Å². The van der Waals surface area contributed by atoms with E-state index >= 15 is 0 Å². The summed E-state index contributed by atoms with van der Waals surface area (Å²) in [6.45, 7) is -0.335. The summed E-state index contributed by atoms with van der Waals surface area (Å²) in [4.78, 5) is 16.1. The zero-order valence-corrected chi connectivity index (χ0v) is 15.6. The topological polar surface area (TPSA) is 79.4 Å². The van der Waals surface area contributed by atoms with Crippen LogP contribution in [0.3, 0.4) is 0 Å². The second kappa shape index (κ2) is 7.87. The number of halogens is 3. The number of sulfonamides is 1. The third-order valence-electron chi connectivity index (χ3n) is 4.19. The van der Waals surface area contributed by atoms with E-state index in [1.54, 1.807) is 12.1 Å². The number of amides is 1. The Kier molecular flexibility index (Phi) is 5.73. The van der Waals surface area contributed by atoms with Crippen LogP contribution in [-0.2, 0) is 21.4 Å². The van der Waals surface area contributed by atoms with Gasteiger partial charge in [0.1, 0.15) is 23.2 Å². The highest BCUT2D eigenvalue weighted by Crippen LogP contribution is 2.28. The van der Waals surface area contributed by atoms with Crippen molar-refractivity contribution < 1.29 is 22.0 Å². The summed E-state index contributed by atoms with van der Waals surface area (Å²) in [6, 6.07) is 6.19. The standard InChI is InChI=1S/C17H16ClF2N3O3S/c18-16-7-11(5-6-21-16)9-22-17(24)15-8-13(20)10-23(15)27(25,26)14-3-1-12(19)2-4-14/h1-7,13,15H,8-10H2,(H,22,24). The summed E-state index contributed by atoms with van der Waals surface area (Å²) in [6.07, 6.45) is -0.239. The predicted octanol–water partition coefficient (Wildman–Crippen LogP) is 2.29. The second-order valence-corrected chi connectivity index (χ2v) is 8.36. The van der Waals surface area contributed by atoms with E-state index in [2.05, 4.69) is 10.3 Å². The number of hydrogen-bond acceptors (Lipinski definition) is 4. The molecule has 2 unspecified atom stereocenters. The molecule has 1 N–H and O–H groups in total. The van der Waals surface area contributed by atoms with E-state index < -0.39 is 40.5 Å². The molecule has 1 aliphatic rings. The Morgan fingerprint density at radius 2 is 2.00 bits per heavy atom. The van der Waals surface area contributed by atoms with Gasteiger partial charge in [0.2, 0.25) is 15.9 Å². The Balaban J connectivity index is 1.77. The maximum atomic E-state index is 13.9. The van der Waals surface area contributed by atoms with Crippen molar-refractivity contribution >= 4 is 27.5 Å². The predicted molar refractivity (Wildman–Crippen MR) is 94.7 cm³/mol. The molecule has 0 aliphatic carbocycles. The van der Waals surface area contributed by atoms with Gasteiger partial charge in [-0.05, 0) is 42.0 Å². The number of nitrogens with one attached hydrogen (secondary N) is 1. The van der Waals surface area contributed by atoms with Crippen LogP contribution in [0.4, 0.5) is 8.78 Å². The van der Waals surface area contributed by atoms with Crippen LogP contribution >= 0.6 is 11.6 Å². The van der Waals surface area contributed by atoms with Crippen molar-refractivity contribution in [1.29, 1.82) is 0 Å². The highest BCUT2D eigenvalue weighted by Gasteiger charge is 2.44. The van der Waals surface area contributed by atoms with E-state index in [-0.39, 0.29) is 23.0 Å². The summed E-state index contributed by atoms with van der Waals surface area (Å²) in [5.74, 6) is -1.21. The molecule has 1 fully saturated rings. The van der Waals surface area contributed by atoms with Crippen molar-refractivity contribution in [3.8, 4) is 0 Å². The fourth-order valence-corrected chi connectivity index (χ4v) is 4.68. The largest absolute Gasteiger partial charge is 0.351 e. The Morgan fingerprint density at radius 1 is 1.30 bits per heavy atom. The maximum absolute atomic E-state index is 13.9. The molecule has 2 heterocycles. The smallest absolute Gasteiger partial charge is 0.243 e. The number of hydrogen-bond donors (Lipinski definition) is 1. The molecule has 1 aromatic heterocycles. The Morgan fingerprint density at radius 3 is 2.67 bits per heavy atom. The highest BCUT2D eigenvalue weighted by atomic mass is 35.5. The molecule has 10 heteroatoms. The second-order valence-electron chi connectivity index (χ2n) is 6.08.